The van der Waals surface area contributed by atoms with Gasteiger partial charge in [0.15, 0.2) is 18.2 Å². The van der Waals surface area contributed by atoms with E-state index >= 15 is 4.39 Å². The lowest BCUT2D eigenvalue weighted by atomic mass is 9.44. The topological polar surface area (TPSA) is 109 Å². The van der Waals surface area contributed by atoms with E-state index in [1.54, 1.807) is 12.1 Å². The van der Waals surface area contributed by atoms with Gasteiger partial charge >= 0.3 is 13.0 Å². The van der Waals surface area contributed by atoms with Crippen LogP contribution in [-0.2, 0) is 14.3 Å². The Hall–Kier alpha value is -2.72. The fourth-order valence-corrected chi connectivity index (χ4v) is 8.31. The third kappa shape index (κ3) is 4.12. The van der Waals surface area contributed by atoms with E-state index in [4.69, 9.17) is 9.47 Å². The largest absolute Gasteiger partial charge is 0.479 e. The van der Waals surface area contributed by atoms with Crippen molar-refractivity contribution in [3.05, 3.63) is 36.2 Å². The van der Waals surface area contributed by atoms with Gasteiger partial charge < -0.3 is 24.5 Å². The highest BCUT2D eigenvalue weighted by Crippen LogP contribution is 2.68. The molecule has 8 atom stereocenters. The second-order valence-electron chi connectivity index (χ2n) is 12.9. The minimum absolute atomic E-state index is 0.0212. The van der Waals surface area contributed by atoms with Gasteiger partial charge in [-0.25, -0.2) is 9.18 Å². The second-order valence-corrected chi connectivity index (χ2v) is 12.9. The fourth-order valence-electron chi connectivity index (χ4n) is 8.31. The highest BCUT2D eigenvalue weighted by atomic mass is 19.1. The minimum Gasteiger partial charge on any atom is -0.479 e. The Morgan fingerprint density at radius 1 is 1.32 bits per heavy atom. The quantitative estimate of drug-likeness (QED) is 0.327. The predicted molar refractivity (Wildman–Crippen MR) is 149 cm³/mol. The lowest BCUT2D eigenvalue weighted by Crippen LogP contribution is -2.63. The maximum Gasteiger partial charge on any atom is 0.469 e. The normalized spacial score (nSPS) is 38.7. The third-order valence-electron chi connectivity index (χ3n) is 11.1. The SMILES string of the molecule is C=C[C@]1(C)C[C@@H](OC(=O)COc2ccc3c(c2F)B(O)N(C)N=C3)[C@@]2(C)[C@@H]3C(=O)CC[C@@]3(CC[C@@H]2C)[C@@H](C)[C@@H]1O. The van der Waals surface area contributed by atoms with E-state index in [0.717, 1.165) is 19.3 Å². The van der Waals surface area contributed by atoms with Crippen molar-refractivity contribution in [2.24, 2.45) is 39.1 Å². The van der Waals surface area contributed by atoms with Crippen molar-refractivity contribution in [2.75, 3.05) is 13.7 Å². The number of carbonyl (C=O) groups excluding carboxylic acids is 2. The molecule has 0 saturated heterocycles. The molecule has 2 bridgehead atoms. The first-order chi connectivity index (χ1) is 18.8. The van der Waals surface area contributed by atoms with Gasteiger partial charge in [0.25, 0.3) is 0 Å². The van der Waals surface area contributed by atoms with Crippen LogP contribution in [0.4, 0.5) is 4.39 Å². The van der Waals surface area contributed by atoms with E-state index in [1.165, 1.54) is 24.2 Å². The number of fused-ring (bicyclic) bond motifs is 1. The number of aliphatic hydroxyl groups excluding tert-OH is 1. The molecule has 1 heterocycles. The van der Waals surface area contributed by atoms with Crippen LogP contribution in [0.25, 0.3) is 0 Å². The first kappa shape index (κ1) is 28.8. The van der Waals surface area contributed by atoms with Crippen molar-refractivity contribution >= 4 is 30.5 Å². The number of hydrogen-bond acceptors (Lipinski definition) is 8. The second kappa shape index (κ2) is 9.98. The summed E-state index contributed by atoms with van der Waals surface area (Å²) >= 11 is 0. The van der Waals surface area contributed by atoms with Gasteiger partial charge in [-0.2, -0.15) is 5.10 Å². The Kier molecular flexibility index (Phi) is 7.18. The molecule has 4 aliphatic rings. The lowest BCUT2D eigenvalue weighted by Gasteiger charge is -2.61. The molecule has 0 aromatic heterocycles. The van der Waals surface area contributed by atoms with Gasteiger partial charge in [0.1, 0.15) is 11.9 Å². The molecule has 1 aromatic carbocycles. The molecule has 3 saturated carbocycles. The highest BCUT2D eigenvalue weighted by Gasteiger charge is 2.68. The summed E-state index contributed by atoms with van der Waals surface area (Å²) in [5.41, 5.74) is -1.32. The van der Waals surface area contributed by atoms with Gasteiger partial charge in [0, 0.05) is 35.7 Å². The van der Waals surface area contributed by atoms with Crippen molar-refractivity contribution in [1.29, 1.82) is 0 Å². The molecule has 5 rings (SSSR count). The average Bonchev–Trinajstić information content (AvgIpc) is 3.28. The first-order valence-electron chi connectivity index (χ1n) is 14.2. The monoisotopic (exact) mass is 554 g/mol. The highest BCUT2D eigenvalue weighted by molar-refractivity contribution is 6.65. The van der Waals surface area contributed by atoms with Crippen LogP contribution in [0.1, 0.15) is 65.4 Å². The van der Waals surface area contributed by atoms with Crippen LogP contribution in [0.2, 0.25) is 0 Å². The first-order valence-corrected chi connectivity index (χ1v) is 14.2. The number of ether oxygens (including phenoxy) is 2. The molecule has 0 spiro atoms. The number of ketones is 1. The predicted octanol–water partition coefficient (Wildman–Crippen LogP) is 3.08. The number of carbonyl (C=O) groups is 2. The summed E-state index contributed by atoms with van der Waals surface area (Å²) in [5, 5.41) is 26.0. The van der Waals surface area contributed by atoms with Crippen LogP contribution in [0.5, 0.6) is 5.75 Å². The van der Waals surface area contributed by atoms with Gasteiger partial charge in [0.05, 0.1) is 12.3 Å². The summed E-state index contributed by atoms with van der Waals surface area (Å²) in [6.45, 7) is 11.7. The number of esters is 1. The van der Waals surface area contributed by atoms with Crippen molar-refractivity contribution in [1.82, 2.24) is 4.92 Å². The van der Waals surface area contributed by atoms with E-state index in [0.29, 0.717) is 18.4 Å². The maximum absolute atomic E-state index is 15.3. The molecule has 0 radical (unpaired) electrons. The molecule has 3 fully saturated rings. The number of aliphatic hydroxyl groups is 1. The van der Waals surface area contributed by atoms with Crippen molar-refractivity contribution in [3.8, 4) is 5.75 Å². The maximum atomic E-state index is 15.3. The van der Waals surface area contributed by atoms with Gasteiger partial charge in [-0.05, 0) is 60.6 Å². The summed E-state index contributed by atoms with van der Waals surface area (Å²) in [6.07, 6.45) is 4.95. The van der Waals surface area contributed by atoms with E-state index in [1.807, 2.05) is 6.92 Å². The molecular formula is C30H40BFN2O6. The lowest BCUT2D eigenvalue weighted by molar-refractivity contribution is -0.207. The Morgan fingerprint density at radius 3 is 2.75 bits per heavy atom. The van der Waals surface area contributed by atoms with Crippen LogP contribution >= 0.6 is 0 Å². The van der Waals surface area contributed by atoms with E-state index in [9.17, 15) is 19.7 Å². The van der Waals surface area contributed by atoms with Crippen LogP contribution in [0.3, 0.4) is 0 Å². The molecule has 8 nitrogen and oxygen atoms in total. The number of nitrogens with zero attached hydrogens (tertiary/aromatic N) is 2. The summed E-state index contributed by atoms with van der Waals surface area (Å²) in [6, 6.07) is 2.96. The van der Waals surface area contributed by atoms with Crippen LogP contribution in [0, 0.1) is 39.8 Å². The zero-order valence-corrected chi connectivity index (χ0v) is 24.0. The zero-order valence-electron chi connectivity index (χ0n) is 24.0. The smallest absolute Gasteiger partial charge is 0.469 e. The summed E-state index contributed by atoms with van der Waals surface area (Å²) in [5.74, 6) is -1.82. The Morgan fingerprint density at radius 2 is 2.05 bits per heavy atom. The molecule has 216 valence electrons. The Labute approximate surface area is 235 Å². The number of rotatable bonds is 5. The number of halogens is 1. The van der Waals surface area contributed by atoms with Crippen LogP contribution in [0.15, 0.2) is 29.9 Å². The van der Waals surface area contributed by atoms with E-state index in [2.05, 4.69) is 32.5 Å². The van der Waals surface area contributed by atoms with E-state index < -0.39 is 48.5 Å². The van der Waals surface area contributed by atoms with Crippen molar-refractivity contribution < 1.29 is 33.6 Å². The molecule has 0 unspecified atom stereocenters. The third-order valence-corrected chi connectivity index (χ3v) is 11.1. The minimum atomic E-state index is -1.28. The molecule has 40 heavy (non-hydrogen) atoms. The molecular weight excluding hydrogens is 514 g/mol. The van der Waals surface area contributed by atoms with Crippen LogP contribution in [-0.4, -0.2) is 65.9 Å². The van der Waals surface area contributed by atoms with Gasteiger partial charge in [0.2, 0.25) is 0 Å². The molecule has 0 amide bonds. The summed E-state index contributed by atoms with van der Waals surface area (Å²) < 4.78 is 27.0. The van der Waals surface area contributed by atoms with E-state index in [-0.39, 0.29) is 40.2 Å². The van der Waals surface area contributed by atoms with Crippen LogP contribution < -0.4 is 10.2 Å². The number of Topliss-reactive ketones (excluding diaryl/α,β-unsaturated/α-hetero) is 1. The Bertz CT molecular complexity index is 1260. The summed E-state index contributed by atoms with van der Waals surface area (Å²) in [7, 11) is 0.238. The fraction of sp³-hybridized carbons (Fsp3) is 0.633. The van der Waals surface area contributed by atoms with Gasteiger partial charge in [-0.3, -0.25) is 4.79 Å². The zero-order chi connectivity index (χ0) is 29.2. The molecule has 10 heteroatoms. The van der Waals surface area contributed by atoms with Gasteiger partial charge in [-0.1, -0.05) is 33.8 Å². The van der Waals surface area contributed by atoms with Gasteiger partial charge in [-0.15, -0.1) is 6.58 Å². The molecule has 2 N–H and O–H groups in total. The van der Waals surface area contributed by atoms with Crippen molar-refractivity contribution in [3.63, 3.8) is 0 Å². The summed E-state index contributed by atoms with van der Waals surface area (Å²) in [4.78, 5) is 28.0. The molecule has 1 aliphatic heterocycles. The van der Waals surface area contributed by atoms with Crippen molar-refractivity contribution in [2.45, 2.75) is 72.0 Å². The molecule has 3 aliphatic carbocycles. The Balaban J connectivity index is 1.44. The number of hydrazone groups is 1. The number of benzene rings is 1. The number of hydrogen-bond donors (Lipinski definition) is 2. The molecule has 1 aromatic rings. The average molecular weight is 554 g/mol. The standard InChI is InChI=1S/C30H40BFN2O6/c1-7-28(4)14-22(29(5)17(2)10-12-30(18(3)27(28)37)13-11-20(35)26(29)30)40-23(36)16-39-21-9-8-19-15-33-34(6)31(38)24(19)25(21)32/h7-9,15,17-18,22,26-27,37-38H,1,10-14,16H2,2-6H3/t17-,18-,22+,26-,27-,28+,29-,30-/m0/s1.